The standard InChI is InChI=1S/C13H19NO2S/c1-3-4-9-14-13(15)10-17-12-7-5-11(16-2)6-8-12/h5-8H,3-4,9-10H2,1-2H3,(H,14,15). The van der Waals surface area contributed by atoms with Crippen LogP contribution in [0.15, 0.2) is 29.2 Å². The molecule has 0 spiro atoms. The average molecular weight is 253 g/mol. The summed E-state index contributed by atoms with van der Waals surface area (Å²) >= 11 is 1.54. The lowest BCUT2D eigenvalue weighted by Crippen LogP contribution is -2.25. The Bertz CT molecular complexity index is 338. The molecule has 0 saturated heterocycles. The van der Waals surface area contributed by atoms with E-state index in [2.05, 4.69) is 12.2 Å². The molecule has 0 atom stereocenters. The summed E-state index contributed by atoms with van der Waals surface area (Å²) in [6.45, 7) is 2.89. The van der Waals surface area contributed by atoms with Crippen LogP contribution in [-0.2, 0) is 4.79 Å². The third kappa shape index (κ3) is 5.63. The summed E-state index contributed by atoms with van der Waals surface area (Å²) in [7, 11) is 1.64. The Kier molecular flexibility index (Phi) is 6.55. The molecule has 1 rings (SSSR count). The predicted octanol–water partition coefficient (Wildman–Crippen LogP) is 2.70. The zero-order chi connectivity index (χ0) is 12.5. The highest BCUT2D eigenvalue weighted by molar-refractivity contribution is 8.00. The first kappa shape index (κ1) is 13.9. The Morgan fingerprint density at radius 1 is 1.35 bits per heavy atom. The van der Waals surface area contributed by atoms with Gasteiger partial charge in [0.05, 0.1) is 12.9 Å². The van der Waals surface area contributed by atoms with E-state index in [-0.39, 0.29) is 5.91 Å². The molecule has 94 valence electrons. The summed E-state index contributed by atoms with van der Waals surface area (Å²) in [4.78, 5) is 12.5. The number of hydrogen-bond acceptors (Lipinski definition) is 3. The smallest absolute Gasteiger partial charge is 0.230 e. The molecule has 0 aliphatic heterocycles. The molecule has 0 unspecified atom stereocenters. The zero-order valence-corrected chi connectivity index (χ0v) is 11.2. The van der Waals surface area contributed by atoms with Gasteiger partial charge in [0, 0.05) is 11.4 Å². The molecule has 4 heteroatoms. The number of amides is 1. The van der Waals surface area contributed by atoms with Crippen molar-refractivity contribution in [2.24, 2.45) is 0 Å². The van der Waals surface area contributed by atoms with Gasteiger partial charge in [-0.05, 0) is 30.7 Å². The Balaban J connectivity index is 2.27. The first-order chi connectivity index (χ1) is 8.26. The molecule has 0 heterocycles. The summed E-state index contributed by atoms with van der Waals surface area (Å²) in [5, 5.41) is 2.89. The first-order valence-electron chi connectivity index (χ1n) is 5.79. The van der Waals surface area contributed by atoms with Crippen LogP contribution in [0.2, 0.25) is 0 Å². The molecule has 1 aromatic rings. The summed E-state index contributed by atoms with van der Waals surface area (Å²) in [5.74, 6) is 1.40. The molecule has 1 aromatic carbocycles. The Labute approximate surface area is 107 Å². The molecule has 0 aliphatic rings. The van der Waals surface area contributed by atoms with Crippen LogP contribution in [-0.4, -0.2) is 25.3 Å². The van der Waals surface area contributed by atoms with Crippen molar-refractivity contribution < 1.29 is 9.53 Å². The second-order valence-electron chi connectivity index (χ2n) is 3.67. The molecule has 1 N–H and O–H groups in total. The van der Waals surface area contributed by atoms with Gasteiger partial charge in [0.15, 0.2) is 0 Å². The van der Waals surface area contributed by atoms with Gasteiger partial charge >= 0.3 is 0 Å². The molecule has 3 nitrogen and oxygen atoms in total. The largest absolute Gasteiger partial charge is 0.497 e. The number of unbranched alkanes of at least 4 members (excludes halogenated alkanes) is 1. The van der Waals surface area contributed by atoms with E-state index in [1.165, 1.54) is 11.8 Å². The lowest BCUT2D eigenvalue weighted by atomic mass is 10.3. The molecule has 0 bridgehead atoms. The van der Waals surface area contributed by atoms with Crippen molar-refractivity contribution in [3.63, 3.8) is 0 Å². The quantitative estimate of drug-likeness (QED) is 0.600. The minimum atomic E-state index is 0.0965. The van der Waals surface area contributed by atoms with Crippen molar-refractivity contribution in [2.75, 3.05) is 19.4 Å². The molecule has 0 fully saturated rings. The normalized spacial score (nSPS) is 10.0. The number of carbonyl (C=O) groups excluding carboxylic acids is 1. The van der Waals surface area contributed by atoms with Crippen LogP contribution >= 0.6 is 11.8 Å². The van der Waals surface area contributed by atoms with Crippen LogP contribution in [0.25, 0.3) is 0 Å². The zero-order valence-electron chi connectivity index (χ0n) is 10.4. The molecule has 1 amide bonds. The maximum absolute atomic E-state index is 11.5. The van der Waals surface area contributed by atoms with Crippen LogP contribution < -0.4 is 10.1 Å². The fourth-order valence-corrected chi connectivity index (χ4v) is 2.00. The Hall–Kier alpha value is -1.16. The van der Waals surface area contributed by atoms with E-state index in [4.69, 9.17) is 4.74 Å². The first-order valence-corrected chi connectivity index (χ1v) is 6.78. The van der Waals surface area contributed by atoms with Gasteiger partial charge in [0.25, 0.3) is 0 Å². The molecule has 0 radical (unpaired) electrons. The number of benzene rings is 1. The number of methoxy groups -OCH3 is 1. The summed E-state index contributed by atoms with van der Waals surface area (Å²) in [6, 6.07) is 7.72. The maximum Gasteiger partial charge on any atom is 0.230 e. The van der Waals surface area contributed by atoms with E-state index in [1.807, 2.05) is 24.3 Å². The van der Waals surface area contributed by atoms with Gasteiger partial charge in [0.2, 0.25) is 5.91 Å². The number of thioether (sulfide) groups is 1. The van der Waals surface area contributed by atoms with Crippen molar-refractivity contribution in [1.29, 1.82) is 0 Å². The van der Waals surface area contributed by atoms with Gasteiger partial charge in [-0.2, -0.15) is 0 Å². The molecule has 17 heavy (non-hydrogen) atoms. The number of carbonyl (C=O) groups is 1. The van der Waals surface area contributed by atoms with Gasteiger partial charge in [-0.15, -0.1) is 11.8 Å². The molecule has 0 saturated carbocycles. The highest BCUT2D eigenvalue weighted by Gasteiger charge is 2.02. The van der Waals surface area contributed by atoms with Gasteiger partial charge in [-0.1, -0.05) is 13.3 Å². The number of nitrogens with one attached hydrogen (secondary N) is 1. The molecular formula is C13H19NO2S. The lowest BCUT2D eigenvalue weighted by molar-refractivity contribution is -0.118. The van der Waals surface area contributed by atoms with Gasteiger partial charge in [-0.3, -0.25) is 4.79 Å². The molecule has 0 aliphatic carbocycles. The van der Waals surface area contributed by atoms with Crippen LogP contribution in [0, 0.1) is 0 Å². The minimum Gasteiger partial charge on any atom is -0.497 e. The maximum atomic E-state index is 11.5. The van der Waals surface area contributed by atoms with Crippen molar-refractivity contribution >= 4 is 17.7 Å². The topological polar surface area (TPSA) is 38.3 Å². The number of rotatable bonds is 7. The summed E-state index contributed by atoms with van der Waals surface area (Å²) in [5.41, 5.74) is 0. The highest BCUT2D eigenvalue weighted by atomic mass is 32.2. The van der Waals surface area contributed by atoms with Gasteiger partial charge in [0.1, 0.15) is 5.75 Å². The van der Waals surface area contributed by atoms with Crippen molar-refractivity contribution in [3.8, 4) is 5.75 Å². The monoisotopic (exact) mass is 253 g/mol. The number of hydrogen-bond donors (Lipinski definition) is 1. The lowest BCUT2D eigenvalue weighted by Gasteiger charge is -2.05. The Morgan fingerprint density at radius 3 is 2.65 bits per heavy atom. The molecular weight excluding hydrogens is 234 g/mol. The van der Waals surface area contributed by atoms with Gasteiger partial charge < -0.3 is 10.1 Å². The van der Waals surface area contributed by atoms with Crippen molar-refractivity contribution in [3.05, 3.63) is 24.3 Å². The molecule has 0 aromatic heterocycles. The predicted molar refractivity (Wildman–Crippen MR) is 71.6 cm³/mol. The van der Waals surface area contributed by atoms with E-state index in [1.54, 1.807) is 7.11 Å². The van der Waals surface area contributed by atoms with Crippen LogP contribution in [0.4, 0.5) is 0 Å². The van der Waals surface area contributed by atoms with E-state index >= 15 is 0 Å². The van der Waals surface area contributed by atoms with Crippen molar-refractivity contribution in [1.82, 2.24) is 5.32 Å². The second kappa shape index (κ2) is 8.01. The van der Waals surface area contributed by atoms with Crippen LogP contribution in [0.3, 0.4) is 0 Å². The van der Waals surface area contributed by atoms with Crippen molar-refractivity contribution in [2.45, 2.75) is 24.7 Å². The summed E-state index contributed by atoms with van der Waals surface area (Å²) in [6.07, 6.45) is 2.14. The summed E-state index contributed by atoms with van der Waals surface area (Å²) < 4.78 is 5.07. The van der Waals surface area contributed by atoms with E-state index < -0.39 is 0 Å². The van der Waals surface area contributed by atoms with E-state index in [0.717, 1.165) is 30.0 Å². The second-order valence-corrected chi connectivity index (χ2v) is 4.72. The van der Waals surface area contributed by atoms with Crippen LogP contribution in [0.1, 0.15) is 19.8 Å². The minimum absolute atomic E-state index is 0.0965. The van der Waals surface area contributed by atoms with Crippen LogP contribution in [0.5, 0.6) is 5.75 Å². The average Bonchev–Trinajstić information content (AvgIpc) is 2.37. The number of ether oxygens (including phenoxy) is 1. The Morgan fingerprint density at radius 2 is 2.06 bits per heavy atom. The fourth-order valence-electron chi connectivity index (χ4n) is 1.28. The van der Waals surface area contributed by atoms with E-state index in [0.29, 0.717) is 5.75 Å². The third-order valence-electron chi connectivity index (χ3n) is 2.28. The fraction of sp³-hybridized carbons (Fsp3) is 0.462. The van der Waals surface area contributed by atoms with E-state index in [9.17, 15) is 4.79 Å². The third-order valence-corrected chi connectivity index (χ3v) is 3.29. The SMILES string of the molecule is CCCCNC(=O)CSc1ccc(OC)cc1. The highest BCUT2D eigenvalue weighted by Crippen LogP contribution is 2.20. The van der Waals surface area contributed by atoms with Gasteiger partial charge in [-0.25, -0.2) is 0 Å².